The molecule has 0 saturated carbocycles. The molecule has 0 radical (unpaired) electrons. The van der Waals surface area contributed by atoms with Crippen molar-refractivity contribution in [1.29, 1.82) is 0 Å². The number of nitrogens with zero attached hydrogens (tertiary/aromatic N) is 1. The number of halogens is 1. The van der Waals surface area contributed by atoms with Crippen molar-refractivity contribution in [3.63, 3.8) is 0 Å². The van der Waals surface area contributed by atoms with Crippen LogP contribution in [-0.4, -0.2) is 43.2 Å². The third kappa shape index (κ3) is 3.71. The standard InChI is InChI=1S/C13H16BrNO3/c1-10(16)15-6-7-17-13(8-15)9-18-12-4-2-11(14)3-5-12/h2-5,13H,6-9H2,1H3. The molecule has 1 aromatic rings. The summed E-state index contributed by atoms with van der Waals surface area (Å²) in [6.07, 6.45) is -0.0497. The van der Waals surface area contributed by atoms with Gasteiger partial charge in [0.15, 0.2) is 0 Å². The van der Waals surface area contributed by atoms with Crippen LogP contribution in [0.3, 0.4) is 0 Å². The summed E-state index contributed by atoms with van der Waals surface area (Å²) in [5, 5.41) is 0. The Morgan fingerprint density at radius 2 is 2.22 bits per heavy atom. The number of ether oxygens (including phenoxy) is 2. The van der Waals surface area contributed by atoms with Gasteiger partial charge < -0.3 is 14.4 Å². The smallest absolute Gasteiger partial charge is 0.219 e. The summed E-state index contributed by atoms with van der Waals surface area (Å²) in [6, 6.07) is 7.66. The van der Waals surface area contributed by atoms with Gasteiger partial charge in [0.1, 0.15) is 18.5 Å². The predicted octanol–water partition coefficient (Wildman–Crippen LogP) is 2.08. The molecule has 1 amide bonds. The molecule has 98 valence electrons. The van der Waals surface area contributed by atoms with E-state index in [-0.39, 0.29) is 12.0 Å². The van der Waals surface area contributed by atoms with E-state index in [0.717, 1.165) is 10.2 Å². The van der Waals surface area contributed by atoms with Gasteiger partial charge in [-0.15, -0.1) is 0 Å². The zero-order valence-electron chi connectivity index (χ0n) is 10.3. The molecule has 0 aromatic heterocycles. The molecule has 1 aromatic carbocycles. The van der Waals surface area contributed by atoms with E-state index in [0.29, 0.717) is 26.3 Å². The molecule has 0 spiro atoms. The number of hydrogen-bond acceptors (Lipinski definition) is 3. The van der Waals surface area contributed by atoms with Crippen molar-refractivity contribution < 1.29 is 14.3 Å². The van der Waals surface area contributed by atoms with Crippen molar-refractivity contribution >= 4 is 21.8 Å². The van der Waals surface area contributed by atoms with Crippen LogP contribution in [0.25, 0.3) is 0 Å². The summed E-state index contributed by atoms with van der Waals surface area (Å²) < 4.78 is 12.2. The number of rotatable bonds is 3. The van der Waals surface area contributed by atoms with Gasteiger partial charge in [0.05, 0.1) is 13.2 Å². The van der Waals surface area contributed by atoms with E-state index in [9.17, 15) is 4.79 Å². The molecule has 1 fully saturated rings. The summed E-state index contributed by atoms with van der Waals surface area (Å²) >= 11 is 3.37. The average molecular weight is 314 g/mol. The van der Waals surface area contributed by atoms with Gasteiger partial charge in [-0.05, 0) is 24.3 Å². The molecule has 1 saturated heterocycles. The minimum atomic E-state index is -0.0497. The van der Waals surface area contributed by atoms with Gasteiger partial charge in [0.25, 0.3) is 0 Å². The minimum absolute atomic E-state index is 0.0497. The molecule has 18 heavy (non-hydrogen) atoms. The molecule has 4 nitrogen and oxygen atoms in total. The van der Waals surface area contributed by atoms with Crippen LogP contribution in [0.15, 0.2) is 28.7 Å². The highest BCUT2D eigenvalue weighted by Gasteiger charge is 2.22. The molecular weight excluding hydrogens is 298 g/mol. The maximum absolute atomic E-state index is 11.3. The molecule has 1 aliphatic rings. The molecule has 1 heterocycles. The molecule has 0 aliphatic carbocycles. The first-order valence-electron chi connectivity index (χ1n) is 5.90. The lowest BCUT2D eigenvalue weighted by Gasteiger charge is -2.32. The van der Waals surface area contributed by atoms with Crippen LogP contribution in [0, 0.1) is 0 Å². The maximum atomic E-state index is 11.3. The molecule has 5 heteroatoms. The number of carbonyl (C=O) groups is 1. The average Bonchev–Trinajstić information content (AvgIpc) is 2.38. The highest BCUT2D eigenvalue weighted by atomic mass is 79.9. The summed E-state index contributed by atoms with van der Waals surface area (Å²) in [5.41, 5.74) is 0. The Bertz CT molecular complexity index is 407. The minimum Gasteiger partial charge on any atom is -0.491 e. The summed E-state index contributed by atoms with van der Waals surface area (Å²) in [6.45, 7) is 3.90. The van der Waals surface area contributed by atoms with Crippen molar-refractivity contribution in [2.75, 3.05) is 26.3 Å². The fourth-order valence-corrected chi connectivity index (χ4v) is 2.09. The molecule has 1 aliphatic heterocycles. The van der Waals surface area contributed by atoms with E-state index in [1.165, 1.54) is 0 Å². The molecule has 0 bridgehead atoms. The first-order valence-corrected chi connectivity index (χ1v) is 6.70. The Morgan fingerprint density at radius 3 is 2.89 bits per heavy atom. The third-order valence-electron chi connectivity index (χ3n) is 2.83. The molecular formula is C13H16BrNO3. The van der Waals surface area contributed by atoms with Gasteiger partial charge in [0.2, 0.25) is 5.91 Å². The van der Waals surface area contributed by atoms with Gasteiger partial charge in [-0.25, -0.2) is 0 Å². The summed E-state index contributed by atoms with van der Waals surface area (Å²) in [4.78, 5) is 13.1. The van der Waals surface area contributed by atoms with Crippen molar-refractivity contribution in [3.8, 4) is 5.75 Å². The van der Waals surface area contributed by atoms with Crippen LogP contribution >= 0.6 is 15.9 Å². The first kappa shape index (κ1) is 13.4. The largest absolute Gasteiger partial charge is 0.491 e. The van der Waals surface area contributed by atoms with Gasteiger partial charge in [0, 0.05) is 17.9 Å². The van der Waals surface area contributed by atoms with E-state index < -0.39 is 0 Å². The highest BCUT2D eigenvalue weighted by Crippen LogP contribution is 2.17. The lowest BCUT2D eigenvalue weighted by molar-refractivity contribution is -0.137. The van der Waals surface area contributed by atoms with Gasteiger partial charge in [-0.2, -0.15) is 0 Å². The zero-order chi connectivity index (χ0) is 13.0. The van der Waals surface area contributed by atoms with Gasteiger partial charge in [-0.3, -0.25) is 4.79 Å². The molecule has 2 rings (SSSR count). The van der Waals surface area contributed by atoms with Gasteiger partial charge >= 0.3 is 0 Å². The number of hydrogen-bond donors (Lipinski definition) is 0. The van der Waals surface area contributed by atoms with Crippen molar-refractivity contribution in [3.05, 3.63) is 28.7 Å². The normalized spacial score (nSPS) is 19.7. The lowest BCUT2D eigenvalue weighted by Crippen LogP contribution is -2.46. The topological polar surface area (TPSA) is 38.8 Å². The Balaban J connectivity index is 1.82. The van der Waals surface area contributed by atoms with E-state index >= 15 is 0 Å². The molecule has 0 N–H and O–H groups in total. The second-order valence-electron chi connectivity index (χ2n) is 4.22. The van der Waals surface area contributed by atoms with Crippen LogP contribution < -0.4 is 4.74 Å². The quantitative estimate of drug-likeness (QED) is 0.857. The van der Waals surface area contributed by atoms with Gasteiger partial charge in [-0.1, -0.05) is 15.9 Å². The van der Waals surface area contributed by atoms with Crippen LogP contribution in [0.2, 0.25) is 0 Å². The Hall–Kier alpha value is -1.07. The second-order valence-corrected chi connectivity index (χ2v) is 5.14. The van der Waals surface area contributed by atoms with E-state index in [1.807, 2.05) is 24.3 Å². The Kier molecular flexibility index (Phi) is 4.60. The fraction of sp³-hybridized carbons (Fsp3) is 0.462. The van der Waals surface area contributed by atoms with Crippen molar-refractivity contribution in [2.24, 2.45) is 0 Å². The van der Waals surface area contributed by atoms with E-state index in [4.69, 9.17) is 9.47 Å². The first-order chi connectivity index (χ1) is 8.65. The monoisotopic (exact) mass is 313 g/mol. The van der Waals surface area contributed by atoms with Crippen LogP contribution in [-0.2, 0) is 9.53 Å². The maximum Gasteiger partial charge on any atom is 0.219 e. The van der Waals surface area contributed by atoms with E-state index in [1.54, 1.807) is 11.8 Å². The lowest BCUT2D eigenvalue weighted by atomic mass is 10.3. The van der Waals surface area contributed by atoms with Crippen molar-refractivity contribution in [1.82, 2.24) is 4.90 Å². The fourth-order valence-electron chi connectivity index (χ4n) is 1.83. The number of morpholine rings is 1. The number of amides is 1. The Morgan fingerprint density at radius 1 is 1.50 bits per heavy atom. The number of benzene rings is 1. The third-order valence-corrected chi connectivity index (χ3v) is 3.36. The van der Waals surface area contributed by atoms with Crippen LogP contribution in [0.5, 0.6) is 5.75 Å². The highest BCUT2D eigenvalue weighted by molar-refractivity contribution is 9.10. The summed E-state index contributed by atoms with van der Waals surface area (Å²) in [7, 11) is 0. The molecule has 1 atom stereocenters. The van der Waals surface area contributed by atoms with Crippen LogP contribution in [0.1, 0.15) is 6.92 Å². The number of carbonyl (C=O) groups excluding carboxylic acids is 1. The Labute approximate surface area is 115 Å². The molecule has 1 unspecified atom stereocenters. The zero-order valence-corrected chi connectivity index (χ0v) is 11.9. The van der Waals surface area contributed by atoms with E-state index in [2.05, 4.69) is 15.9 Å². The predicted molar refractivity (Wildman–Crippen MR) is 71.6 cm³/mol. The van der Waals surface area contributed by atoms with Crippen molar-refractivity contribution in [2.45, 2.75) is 13.0 Å². The summed E-state index contributed by atoms with van der Waals surface area (Å²) in [5.74, 6) is 0.897. The van der Waals surface area contributed by atoms with Crippen LogP contribution in [0.4, 0.5) is 0 Å². The second kappa shape index (κ2) is 6.20. The SMILES string of the molecule is CC(=O)N1CCOC(COc2ccc(Br)cc2)C1.